The van der Waals surface area contributed by atoms with Gasteiger partial charge in [-0.3, -0.25) is 4.79 Å². The smallest absolute Gasteiger partial charge is 0.275 e. The molecule has 0 aliphatic carbocycles. The summed E-state index contributed by atoms with van der Waals surface area (Å²) in [7, 11) is 1.65. The van der Waals surface area contributed by atoms with Gasteiger partial charge in [-0.1, -0.05) is 24.3 Å². The van der Waals surface area contributed by atoms with Crippen molar-refractivity contribution in [3.05, 3.63) is 63.6 Å². The van der Waals surface area contributed by atoms with Gasteiger partial charge in [-0.2, -0.15) is 0 Å². The van der Waals surface area contributed by atoms with Crippen LogP contribution in [0.1, 0.15) is 29.7 Å². The average Bonchev–Trinajstić information content (AvgIpc) is 2.58. The first-order valence-electron chi connectivity index (χ1n) is 7.99. The average molecular weight is 392 g/mol. The molecule has 3 N–H and O–H groups in total. The molecule has 1 amide bonds. The van der Waals surface area contributed by atoms with Crippen molar-refractivity contribution in [3.8, 4) is 5.75 Å². The van der Waals surface area contributed by atoms with Crippen molar-refractivity contribution in [3.63, 3.8) is 0 Å². The lowest BCUT2D eigenvalue weighted by Gasteiger charge is -2.13. The van der Waals surface area contributed by atoms with Crippen molar-refractivity contribution in [2.24, 2.45) is 0 Å². The van der Waals surface area contributed by atoms with Crippen LogP contribution in [0.3, 0.4) is 0 Å². The normalized spacial score (nSPS) is 11.8. The molecule has 2 rings (SSSR count). The topological polar surface area (TPSA) is 54.9 Å². The highest BCUT2D eigenvalue weighted by Gasteiger charge is 2.13. The minimum Gasteiger partial charge on any atom is -0.496 e. The van der Waals surface area contributed by atoms with Crippen molar-refractivity contribution in [1.29, 1.82) is 0 Å². The summed E-state index contributed by atoms with van der Waals surface area (Å²) in [5.74, 6) is 0.847. The molecular formula is C19H24BrN2O2+. The number of nitrogens with one attached hydrogen (secondary N) is 1. The summed E-state index contributed by atoms with van der Waals surface area (Å²) in [6, 6.07) is 14.3. The van der Waals surface area contributed by atoms with Crippen LogP contribution in [0.5, 0.6) is 5.75 Å². The Kier molecular flexibility index (Phi) is 6.82. The van der Waals surface area contributed by atoms with Gasteiger partial charge < -0.3 is 15.4 Å². The second-order valence-corrected chi connectivity index (χ2v) is 6.68. The third kappa shape index (κ3) is 5.08. The SMILES string of the molecule is COc1ccc([C@@H](C)[NH2+]CC(=O)NCc2ccccc2C)cc1Br. The van der Waals surface area contributed by atoms with E-state index in [1.54, 1.807) is 7.11 Å². The Morgan fingerprint density at radius 2 is 2.04 bits per heavy atom. The molecule has 24 heavy (non-hydrogen) atoms. The standard InChI is InChI=1S/C19H23BrN2O2/c1-13-6-4-5-7-16(13)11-22-19(23)12-21-14(2)15-8-9-18(24-3)17(20)10-15/h4-10,14,21H,11-12H2,1-3H3,(H,22,23)/p+1/t14-/m1/s1. The second kappa shape index (κ2) is 8.85. The van der Waals surface area contributed by atoms with Crippen LogP contribution in [0.4, 0.5) is 0 Å². The van der Waals surface area contributed by atoms with Crippen LogP contribution in [0.2, 0.25) is 0 Å². The van der Waals surface area contributed by atoms with Gasteiger partial charge in [0.25, 0.3) is 5.91 Å². The summed E-state index contributed by atoms with van der Waals surface area (Å²) < 4.78 is 6.16. The molecule has 0 unspecified atom stereocenters. The Hall–Kier alpha value is -1.85. The van der Waals surface area contributed by atoms with E-state index in [1.165, 1.54) is 5.56 Å². The number of halogens is 1. The molecular weight excluding hydrogens is 368 g/mol. The number of hydrogen-bond acceptors (Lipinski definition) is 2. The number of methoxy groups -OCH3 is 1. The maximum absolute atomic E-state index is 12.1. The number of amides is 1. The molecule has 2 aromatic carbocycles. The maximum Gasteiger partial charge on any atom is 0.275 e. The Labute approximate surface area is 151 Å². The van der Waals surface area contributed by atoms with Crippen molar-refractivity contribution in [1.82, 2.24) is 5.32 Å². The maximum atomic E-state index is 12.1. The molecule has 5 heteroatoms. The first kappa shape index (κ1) is 18.5. The van der Waals surface area contributed by atoms with Crippen LogP contribution in [0.25, 0.3) is 0 Å². The van der Waals surface area contributed by atoms with Crippen LogP contribution >= 0.6 is 15.9 Å². The van der Waals surface area contributed by atoms with Crippen LogP contribution in [-0.4, -0.2) is 19.6 Å². The zero-order chi connectivity index (χ0) is 17.5. The van der Waals surface area contributed by atoms with E-state index in [0.29, 0.717) is 13.1 Å². The van der Waals surface area contributed by atoms with E-state index >= 15 is 0 Å². The summed E-state index contributed by atoms with van der Waals surface area (Å²) in [5.41, 5.74) is 3.49. The highest BCUT2D eigenvalue weighted by molar-refractivity contribution is 9.10. The van der Waals surface area contributed by atoms with Crippen molar-refractivity contribution in [2.45, 2.75) is 26.4 Å². The van der Waals surface area contributed by atoms with E-state index in [9.17, 15) is 4.79 Å². The summed E-state index contributed by atoms with van der Waals surface area (Å²) >= 11 is 3.49. The Balaban J connectivity index is 1.83. The molecule has 0 spiro atoms. The number of rotatable bonds is 7. The molecule has 0 fully saturated rings. The quantitative estimate of drug-likeness (QED) is 0.762. The van der Waals surface area contributed by atoms with Gasteiger partial charge >= 0.3 is 0 Å². The van der Waals surface area contributed by atoms with E-state index < -0.39 is 0 Å². The number of carbonyl (C=O) groups is 1. The largest absolute Gasteiger partial charge is 0.496 e. The molecule has 128 valence electrons. The molecule has 0 bridgehead atoms. The fraction of sp³-hybridized carbons (Fsp3) is 0.316. The molecule has 0 aliphatic heterocycles. The summed E-state index contributed by atoms with van der Waals surface area (Å²) in [4.78, 5) is 12.1. The Morgan fingerprint density at radius 3 is 2.71 bits per heavy atom. The lowest BCUT2D eigenvalue weighted by molar-refractivity contribution is -0.682. The van der Waals surface area contributed by atoms with Gasteiger partial charge in [-0.15, -0.1) is 0 Å². The number of quaternary nitrogens is 1. The molecule has 2 aromatic rings. The predicted octanol–water partition coefficient (Wildman–Crippen LogP) is 2.71. The van der Waals surface area contributed by atoms with Gasteiger partial charge in [0.05, 0.1) is 11.6 Å². The molecule has 1 atom stereocenters. The number of hydrogen-bond donors (Lipinski definition) is 2. The first-order chi connectivity index (χ1) is 11.5. The van der Waals surface area contributed by atoms with Gasteiger partial charge in [0.1, 0.15) is 11.8 Å². The van der Waals surface area contributed by atoms with Crippen molar-refractivity contribution in [2.75, 3.05) is 13.7 Å². The fourth-order valence-electron chi connectivity index (χ4n) is 2.46. The minimum atomic E-state index is 0.0395. The number of carbonyl (C=O) groups excluding carboxylic acids is 1. The Morgan fingerprint density at radius 1 is 1.29 bits per heavy atom. The molecule has 0 saturated heterocycles. The minimum absolute atomic E-state index is 0.0395. The van der Waals surface area contributed by atoms with E-state index in [-0.39, 0.29) is 11.9 Å². The van der Waals surface area contributed by atoms with Crippen LogP contribution in [-0.2, 0) is 11.3 Å². The molecule has 0 heterocycles. The van der Waals surface area contributed by atoms with E-state index in [4.69, 9.17) is 4.74 Å². The number of benzene rings is 2. The van der Waals surface area contributed by atoms with E-state index in [0.717, 1.165) is 21.3 Å². The van der Waals surface area contributed by atoms with E-state index in [2.05, 4.69) is 41.2 Å². The monoisotopic (exact) mass is 391 g/mol. The zero-order valence-electron chi connectivity index (χ0n) is 14.3. The van der Waals surface area contributed by atoms with Crippen LogP contribution in [0.15, 0.2) is 46.9 Å². The van der Waals surface area contributed by atoms with Crippen LogP contribution in [0, 0.1) is 6.92 Å². The number of aryl methyl sites for hydroxylation is 1. The number of nitrogens with two attached hydrogens (primary N) is 1. The van der Waals surface area contributed by atoms with Gasteiger partial charge in [0.2, 0.25) is 0 Å². The summed E-state index contributed by atoms with van der Waals surface area (Å²) in [6.07, 6.45) is 0. The number of ether oxygens (including phenoxy) is 1. The third-order valence-corrected chi connectivity index (χ3v) is 4.72. The first-order valence-corrected chi connectivity index (χ1v) is 8.78. The van der Waals surface area contributed by atoms with Crippen molar-refractivity contribution >= 4 is 21.8 Å². The highest BCUT2D eigenvalue weighted by atomic mass is 79.9. The summed E-state index contributed by atoms with van der Waals surface area (Å²) in [6.45, 7) is 5.11. The lowest BCUT2D eigenvalue weighted by atomic mass is 10.1. The predicted molar refractivity (Wildman–Crippen MR) is 98.9 cm³/mol. The van der Waals surface area contributed by atoms with Gasteiger partial charge in [-0.05, 0) is 59.1 Å². The lowest BCUT2D eigenvalue weighted by Crippen LogP contribution is -2.87. The van der Waals surface area contributed by atoms with Gasteiger partial charge in [0.15, 0.2) is 6.54 Å². The highest BCUT2D eigenvalue weighted by Crippen LogP contribution is 2.27. The molecule has 0 aliphatic rings. The fourth-order valence-corrected chi connectivity index (χ4v) is 3.02. The molecule has 0 aromatic heterocycles. The Bertz CT molecular complexity index is 704. The van der Waals surface area contributed by atoms with E-state index in [1.807, 2.05) is 41.7 Å². The van der Waals surface area contributed by atoms with Crippen molar-refractivity contribution < 1.29 is 14.8 Å². The molecule has 4 nitrogen and oxygen atoms in total. The van der Waals surface area contributed by atoms with Gasteiger partial charge in [-0.25, -0.2) is 0 Å². The molecule has 0 radical (unpaired) electrons. The molecule has 0 saturated carbocycles. The van der Waals surface area contributed by atoms with Crippen LogP contribution < -0.4 is 15.4 Å². The summed E-state index contributed by atoms with van der Waals surface area (Å²) in [5, 5.41) is 5.01. The third-order valence-electron chi connectivity index (χ3n) is 4.10. The second-order valence-electron chi connectivity index (χ2n) is 5.83. The zero-order valence-corrected chi connectivity index (χ0v) is 15.9. The van der Waals surface area contributed by atoms with Gasteiger partial charge in [0, 0.05) is 12.1 Å².